The normalized spacial score (nSPS) is 14.3. The Morgan fingerprint density at radius 1 is 1.21 bits per heavy atom. The molecule has 0 fully saturated rings. The van der Waals surface area contributed by atoms with Crippen molar-refractivity contribution in [3.63, 3.8) is 0 Å². The van der Waals surface area contributed by atoms with Crippen molar-refractivity contribution in [3.8, 4) is 0 Å². The fourth-order valence-electron chi connectivity index (χ4n) is 0.932. The molecule has 0 bridgehead atoms. The molecule has 0 amide bonds. The van der Waals surface area contributed by atoms with Crippen LogP contribution in [0.15, 0.2) is 0 Å². The number of carbonyl (C=O) groups excluding carboxylic acids is 2. The van der Waals surface area contributed by atoms with Crippen molar-refractivity contribution in [2.45, 2.75) is 33.0 Å². The van der Waals surface area contributed by atoms with E-state index >= 15 is 0 Å². The number of hydrogen-bond acceptors (Lipinski definition) is 5. The molecule has 0 saturated heterocycles. The highest BCUT2D eigenvalue weighted by Crippen LogP contribution is 2.04. The summed E-state index contributed by atoms with van der Waals surface area (Å²) in [6, 6.07) is 0. The average Bonchev–Trinajstić information content (AvgIpc) is 2.03. The molecule has 82 valence electrons. The molecule has 0 spiro atoms. The quantitative estimate of drug-likeness (QED) is 0.611. The van der Waals surface area contributed by atoms with Crippen LogP contribution in [0.25, 0.3) is 0 Å². The van der Waals surface area contributed by atoms with E-state index in [1.807, 2.05) is 0 Å². The van der Waals surface area contributed by atoms with Crippen molar-refractivity contribution in [1.29, 1.82) is 0 Å². The molecular formula is C9H16O5. The summed E-state index contributed by atoms with van der Waals surface area (Å²) in [6.45, 7) is 4.39. The van der Waals surface area contributed by atoms with Crippen molar-refractivity contribution in [3.05, 3.63) is 0 Å². The van der Waals surface area contributed by atoms with Crippen LogP contribution in [0, 0.1) is 0 Å². The Hall–Kier alpha value is -1.10. The fourth-order valence-corrected chi connectivity index (χ4v) is 0.932. The van der Waals surface area contributed by atoms with E-state index in [2.05, 4.69) is 0 Å². The molecule has 14 heavy (non-hydrogen) atoms. The Bertz CT molecular complexity index is 201. The fraction of sp³-hybridized carbons (Fsp3) is 0.778. The first-order valence-electron chi connectivity index (χ1n) is 4.30. The van der Waals surface area contributed by atoms with Crippen LogP contribution in [-0.2, 0) is 23.8 Å². The first-order valence-corrected chi connectivity index (χ1v) is 4.30. The van der Waals surface area contributed by atoms with E-state index in [1.165, 1.54) is 21.0 Å². The predicted octanol–water partition coefficient (Wildman–Crippen LogP) is 0.516. The minimum absolute atomic E-state index is 0.0836. The molecule has 0 aromatic rings. The molecule has 0 rings (SSSR count). The van der Waals surface area contributed by atoms with Crippen LogP contribution < -0.4 is 0 Å². The number of carbonyl (C=O) groups is 2. The maximum Gasteiger partial charge on any atom is 0.302 e. The van der Waals surface area contributed by atoms with Gasteiger partial charge in [0.25, 0.3) is 0 Å². The summed E-state index contributed by atoms with van der Waals surface area (Å²) in [6.07, 6.45) is -0.861. The molecule has 0 N–H and O–H groups in total. The van der Waals surface area contributed by atoms with Gasteiger partial charge in [-0.1, -0.05) is 0 Å². The number of rotatable bonds is 5. The van der Waals surface area contributed by atoms with E-state index in [0.717, 1.165) is 0 Å². The van der Waals surface area contributed by atoms with E-state index in [4.69, 9.17) is 14.2 Å². The predicted molar refractivity (Wildman–Crippen MR) is 48.7 cm³/mol. The van der Waals surface area contributed by atoms with Gasteiger partial charge in [-0.2, -0.15) is 0 Å². The van der Waals surface area contributed by atoms with Gasteiger partial charge in [0.15, 0.2) is 0 Å². The molecule has 5 heteroatoms. The Balaban J connectivity index is 3.98. The van der Waals surface area contributed by atoms with E-state index < -0.39 is 12.2 Å². The SMILES string of the molecule is COC(COC(C)=O)C(C)OC(C)=O. The lowest BCUT2D eigenvalue weighted by Gasteiger charge is -2.21. The summed E-state index contributed by atoms with van der Waals surface area (Å²) < 4.78 is 14.6. The van der Waals surface area contributed by atoms with Crippen molar-refractivity contribution in [2.75, 3.05) is 13.7 Å². The lowest BCUT2D eigenvalue weighted by atomic mass is 10.2. The number of hydrogen-bond donors (Lipinski definition) is 0. The Labute approximate surface area is 83.3 Å². The van der Waals surface area contributed by atoms with Gasteiger partial charge >= 0.3 is 11.9 Å². The van der Waals surface area contributed by atoms with Gasteiger partial charge in [0, 0.05) is 21.0 Å². The summed E-state index contributed by atoms with van der Waals surface area (Å²) in [5, 5.41) is 0. The number of esters is 2. The minimum Gasteiger partial charge on any atom is -0.463 e. The van der Waals surface area contributed by atoms with Crippen molar-refractivity contribution in [2.24, 2.45) is 0 Å². The summed E-state index contributed by atoms with van der Waals surface area (Å²) in [7, 11) is 1.47. The maximum absolute atomic E-state index is 10.6. The lowest BCUT2D eigenvalue weighted by Crippen LogP contribution is -2.34. The lowest BCUT2D eigenvalue weighted by molar-refractivity contribution is -0.158. The summed E-state index contributed by atoms with van der Waals surface area (Å²) in [5.74, 6) is -0.774. The van der Waals surface area contributed by atoms with E-state index in [0.29, 0.717) is 0 Å². The topological polar surface area (TPSA) is 61.8 Å². The van der Waals surface area contributed by atoms with Crippen LogP contribution in [0.5, 0.6) is 0 Å². The third kappa shape index (κ3) is 5.53. The Kier molecular flexibility index (Phi) is 5.87. The monoisotopic (exact) mass is 204 g/mol. The third-order valence-corrected chi connectivity index (χ3v) is 1.63. The molecule has 5 nitrogen and oxygen atoms in total. The van der Waals surface area contributed by atoms with Gasteiger partial charge in [0.05, 0.1) is 0 Å². The molecule has 0 saturated carbocycles. The first kappa shape index (κ1) is 12.9. The van der Waals surface area contributed by atoms with Crippen LogP contribution in [0.4, 0.5) is 0 Å². The molecule has 0 aromatic heterocycles. The molecule has 2 unspecified atom stereocenters. The second-order valence-corrected chi connectivity index (χ2v) is 2.89. The van der Waals surface area contributed by atoms with Crippen LogP contribution in [0.2, 0.25) is 0 Å². The second-order valence-electron chi connectivity index (χ2n) is 2.89. The largest absolute Gasteiger partial charge is 0.463 e. The molecule has 2 atom stereocenters. The Morgan fingerprint density at radius 3 is 2.14 bits per heavy atom. The minimum atomic E-state index is -0.433. The number of methoxy groups -OCH3 is 1. The van der Waals surface area contributed by atoms with Crippen molar-refractivity contribution >= 4 is 11.9 Å². The molecule has 0 aliphatic heterocycles. The zero-order valence-corrected chi connectivity index (χ0v) is 8.90. The van der Waals surface area contributed by atoms with Gasteiger partial charge in [-0.25, -0.2) is 0 Å². The van der Waals surface area contributed by atoms with Gasteiger partial charge in [0.1, 0.15) is 18.8 Å². The molecule has 0 heterocycles. The van der Waals surface area contributed by atoms with Crippen molar-refractivity contribution < 1.29 is 23.8 Å². The summed E-state index contributed by atoms with van der Waals surface area (Å²) in [4.78, 5) is 21.2. The van der Waals surface area contributed by atoms with Crippen LogP contribution in [0.1, 0.15) is 20.8 Å². The standard InChI is InChI=1S/C9H16O5/c1-6(14-8(3)11)9(12-4)5-13-7(2)10/h6,9H,5H2,1-4H3. The van der Waals surface area contributed by atoms with Crippen molar-refractivity contribution in [1.82, 2.24) is 0 Å². The highest BCUT2D eigenvalue weighted by Gasteiger charge is 2.20. The smallest absolute Gasteiger partial charge is 0.302 e. The van der Waals surface area contributed by atoms with Gasteiger partial charge in [0.2, 0.25) is 0 Å². The van der Waals surface area contributed by atoms with Gasteiger partial charge in [-0.05, 0) is 6.92 Å². The highest BCUT2D eigenvalue weighted by molar-refractivity contribution is 5.66. The van der Waals surface area contributed by atoms with Gasteiger partial charge in [-0.3, -0.25) is 9.59 Å². The molecular weight excluding hydrogens is 188 g/mol. The summed E-state index contributed by atoms with van der Waals surface area (Å²) in [5.41, 5.74) is 0. The highest BCUT2D eigenvalue weighted by atomic mass is 16.6. The first-order chi connectivity index (χ1) is 6.47. The van der Waals surface area contributed by atoms with E-state index in [1.54, 1.807) is 6.92 Å². The molecule has 0 aromatic carbocycles. The third-order valence-electron chi connectivity index (χ3n) is 1.63. The molecule has 0 aliphatic carbocycles. The van der Waals surface area contributed by atoms with Crippen LogP contribution >= 0.6 is 0 Å². The van der Waals surface area contributed by atoms with Gasteiger partial charge < -0.3 is 14.2 Å². The zero-order chi connectivity index (χ0) is 11.1. The van der Waals surface area contributed by atoms with E-state index in [-0.39, 0.29) is 18.5 Å². The summed E-state index contributed by atoms with van der Waals surface area (Å²) >= 11 is 0. The van der Waals surface area contributed by atoms with E-state index in [9.17, 15) is 9.59 Å². The zero-order valence-electron chi connectivity index (χ0n) is 8.90. The van der Waals surface area contributed by atoms with Gasteiger partial charge in [-0.15, -0.1) is 0 Å². The number of ether oxygens (including phenoxy) is 3. The molecule has 0 radical (unpaired) electrons. The maximum atomic E-state index is 10.6. The average molecular weight is 204 g/mol. The second kappa shape index (κ2) is 6.37. The molecule has 0 aliphatic rings. The van der Waals surface area contributed by atoms with Crippen LogP contribution in [0.3, 0.4) is 0 Å². The Morgan fingerprint density at radius 2 is 1.79 bits per heavy atom. The van der Waals surface area contributed by atoms with Crippen LogP contribution in [-0.4, -0.2) is 37.9 Å².